The van der Waals surface area contributed by atoms with Gasteiger partial charge in [-0.2, -0.15) is 0 Å². The standard InChI is InChI=1S/C44H50F4N6O6/c1-24(2)13-38-41(56)50-36(20-53(38)42(57)34-17-39(59-51-34)28-9-11-30(45)32(47)15-28)26(4)14-25(3)19-44(23-55)22-49-37(27-7-5-6-8-27)21-54(44)43(58)35-18-40(60-52-35)29-10-12-31(46)33(48)16-29/h9-12,15-18,23-27,36-38,49H,5-8,13-14,19-22H2,1-4H3,(H,50,56)/t25?,26?,36-,37-,38+,44+/m1/s1. The Labute approximate surface area is 345 Å². The van der Waals surface area contributed by atoms with Gasteiger partial charge in [0, 0.05) is 55.0 Å². The van der Waals surface area contributed by atoms with Crippen molar-refractivity contribution in [2.24, 2.45) is 23.7 Å². The SMILES string of the molecule is CC(C)C[C@H]1C(=O)N[C@@H](C(C)CC(C)C[C@@]2(C=O)CN[C@@H](C3CCCC3)CN2C(=O)c2cc(-c3ccc(F)c(F)c3)on2)CN1C(=O)c1cc(-c2ccc(F)c(F)c2)on1. The van der Waals surface area contributed by atoms with Crippen LogP contribution in [0.15, 0.2) is 57.6 Å². The molecule has 6 atom stereocenters. The Balaban J connectivity index is 1.08. The first kappa shape index (κ1) is 42.7. The van der Waals surface area contributed by atoms with Gasteiger partial charge < -0.3 is 34.3 Å². The predicted octanol–water partition coefficient (Wildman–Crippen LogP) is 7.20. The Morgan fingerprint density at radius 2 is 1.43 bits per heavy atom. The fraction of sp³-hybridized carbons (Fsp3) is 0.500. The molecule has 0 bridgehead atoms. The second-order valence-electron chi connectivity index (χ2n) is 17.3. The lowest BCUT2D eigenvalue weighted by Gasteiger charge is -2.49. The average Bonchev–Trinajstić information content (AvgIpc) is 4.04. The van der Waals surface area contributed by atoms with Gasteiger partial charge in [-0.15, -0.1) is 0 Å². The van der Waals surface area contributed by atoms with Crippen molar-refractivity contribution in [3.05, 3.63) is 83.2 Å². The molecule has 2 N–H and O–H groups in total. The molecule has 3 amide bonds. The van der Waals surface area contributed by atoms with Crippen LogP contribution in [0.3, 0.4) is 0 Å². The Kier molecular flexibility index (Phi) is 12.6. The number of carbonyl (C=O) groups is 4. The van der Waals surface area contributed by atoms with Crippen molar-refractivity contribution >= 4 is 24.0 Å². The fourth-order valence-corrected chi connectivity index (χ4v) is 9.27. The van der Waals surface area contributed by atoms with E-state index in [0.29, 0.717) is 18.8 Å². The van der Waals surface area contributed by atoms with Gasteiger partial charge in [0.2, 0.25) is 5.91 Å². The fourth-order valence-electron chi connectivity index (χ4n) is 9.27. The lowest BCUT2D eigenvalue weighted by molar-refractivity contribution is -0.130. The van der Waals surface area contributed by atoms with Crippen molar-refractivity contribution < 1.29 is 45.8 Å². The van der Waals surface area contributed by atoms with Gasteiger partial charge in [-0.3, -0.25) is 14.4 Å². The normalized spacial score (nSPS) is 23.5. The van der Waals surface area contributed by atoms with E-state index in [1.807, 2.05) is 27.7 Å². The number of piperazine rings is 2. The van der Waals surface area contributed by atoms with Crippen molar-refractivity contribution in [1.82, 2.24) is 30.7 Å². The molecule has 0 radical (unpaired) electrons. The first-order valence-electron chi connectivity index (χ1n) is 20.6. The summed E-state index contributed by atoms with van der Waals surface area (Å²) >= 11 is 0. The highest BCUT2D eigenvalue weighted by molar-refractivity contribution is 5.98. The Morgan fingerprint density at radius 1 is 0.850 bits per heavy atom. The van der Waals surface area contributed by atoms with Gasteiger partial charge in [0.05, 0.1) is 0 Å². The number of amides is 3. The summed E-state index contributed by atoms with van der Waals surface area (Å²) in [6, 6.07) is 7.86. The zero-order chi connectivity index (χ0) is 42.9. The molecule has 2 saturated heterocycles. The molecule has 320 valence electrons. The number of carbonyl (C=O) groups excluding carboxylic acids is 4. The van der Waals surface area contributed by atoms with E-state index in [1.54, 1.807) is 4.90 Å². The molecule has 7 rings (SSSR count). The summed E-state index contributed by atoms with van der Waals surface area (Å²) in [6.07, 6.45) is 6.16. The van der Waals surface area contributed by atoms with Gasteiger partial charge in [0.1, 0.15) is 17.9 Å². The highest BCUT2D eigenvalue weighted by Crippen LogP contribution is 2.36. The first-order valence-corrected chi connectivity index (χ1v) is 20.6. The van der Waals surface area contributed by atoms with Gasteiger partial charge in [-0.05, 0) is 92.2 Å². The Hall–Kier alpha value is -5.38. The van der Waals surface area contributed by atoms with Gasteiger partial charge in [-0.25, -0.2) is 17.6 Å². The van der Waals surface area contributed by atoms with E-state index in [-0.39, 0.29) is 89.8 Å². The lowest BCUT2D eigenvalue weighted by atomic mass is 9.79. The van der Waals surface area contributed by atoms with Crippen LogP contribution >= 0.6 is 0 Å². The number of aromatic nitrogens is 2. The third-order valence-corrected chi connectivity index (χ3v) is 12.4. The molecule has 0 spiro atoms. The van der Waals surface area contributed by atoms with Crippen molar-refractivity contribution in [3.8, 4) is 22.6 Å². The summed E-state index contributed by atoms with van der Waals surface area (Å²) in [5.74, 6) is -5.41. The van der Waals surface area contributed by atoms with E-state index >= 15 is 0 Å². The van der Waals surface area contributed by atoms with Crippen LogP contribution < -0.4 is 10.6 Å². The maximum atomic E-state index is 14.4. The molecular weight excluding hydrogens is 785 g/mol. The summed E-state index contributed by atoms with van der Waals surface area (Å²) < 4.78 is 66.0. The van der Waals surface area contributed by atoms with Crippen LogP contribution in [0.5, 0.6) is 0 Å². The molecule has 12 nitrogen and oxygen atoms in total. The lowest BCUT2D eigenvalue weighted by Crippen LogP contribution is -2.68. The minimum atomic E-state index is -1.27. The molecule has 2 aromatic heterocycles. The van der Waals surface area contributed by atoms with Crippen molar-refractivity contribution in [2.75, 3.05) is 19.6 Å². The van der Waals surface area contributed by atoms with Crippen molar-refractivity contribution in [3.63, 3.8) is 0 Å². The predicted molar refractivity (Wildman–Crippen MR) is 211 cm³/mol. The number of rotatable bonds is 13. The van der Waals surface area contributed by atoms with E-state index in [1.165, 1.54) is 29.2 Å². The smallest absolute Gasteiger partial charge is 0.276 e. The van der Waals surface area contributed by atoms with Gasteiger partial charge in [0.25, 0.3) is 11.8 Å². The second kappa shape index (κ2) is 17.7. The van der Waals surface area contributed by atoms with E-state index in [0.717, 1.165) is 56.2 Å². The van der Waals surface area contributed by atoms with Crippen LogP contribution in [0.4, 0.5) is 17.6 Å². The van der Waals surface area contributed by atoms with Crippen LogP contribution in [0.2, 0.25) is 0 Å². The molecule has 3 fully saturated rings. The van der Waals surface area contributed by atoms with Gasteiger partial charge in [0.15, 0.2) is 46.2 Å². The number of benzene rings is 2. The van der Waals surface area contributed by atoms with E-state index in [9.17, 15) is 36.7 Å². The molecule has 3 aliphatic rings. The largest absolute Gasteiger partial charge is 0.355 e. The summed E-state index contributed by atoms with van der Waals surface area (Å²) in [4.78, 5) is 58.5. The minimum absolute atomic E-state index is 0.0475. The Morgan fingerprint density at radius 3 is 1.98 bits per heavy atom. The second-order valence-corrected chi connectivity index (χ2v) is 17.3. The third kappa shape index (κ3) is 8.89. The molecule has 4 aromatic rings. The highest BCUT2D eigenvalue weighted by Gasteiger charge is 2.48. The van der Waals surface area contributed by atoms with Crippen molar-refractivity contribution in [1.29, 1.82) is 0 Å². The minimum Gasteiger partial charge on any atom is -0.355 e. The molecule has 2 aliphatic heterocycles. The topological polar surface area (TPSA) is 151 Å². The van der Waals surface area contributed by atoms with Gasteiger partial charge >= 0.3 is 0 Å². The van der Waals surface area contributed by atoms with E-state index in [2.05, 4.69) is 20.9 Å². The number of nitrogens with zero attached hydrogens (tertiary/aromatic N) is 4. The van der Waals surface area contributed by atoms with Crippen molar-refractivity contribution in [2.45, 2.75) is 96.3 Å². The summed E-state index contributed by atoms with van der Waals surface area (Å²) in [6.45, 7) is 8.46. The molecule has 16 heteroatoms. The van der Waals surface area contributed by atoms with Crippen LogP contribution in [0.1, 0.15) is 93.6 Å². The van der Waals surface area contributed by atoms with Crippen LogP contribution in [0, 0.1) is 46.9 Å². The molecule has 1 saturated carbocycles. The first-order chi connectivity index (χ1) is 28.7. The van der Waals surface area contributed by atoms with Crippen LogP contribution in [-0.2, 0) is 9.59 Å². The maximum absolute atomic E-state index is 14.4. The third-order valence-electron chi connectivity index (χ3n) is 12.4. The maximum Gasteiger partial charge on any atom is 0.276 e. The van der Waals surface area contributed by atoms with Crippen LogP contribution in [0.25, 0.3) is 22.6 Å². The number of nitrogens with one attached hydrogen (secondary N) is 2. The summed E-state index contributed by atoms with van der Waals surface area (Å²) in [7, 11) is 0. The summed E-state index contributed by atoms with van der Waals surface area (Å²) in [5.41, 5.74) is -1.03. The quantitative estimate of drug-likeness (QED) is 0.105. The molecule has 1 aliphatic carbocycles. The zero-order valence-electron chi connectivity index (χ0n) is 34.1. The average molecular weight is 835 g/mol. The monoisotopic (exact) mass is 834 g/mol. The molecule has 60 heavy (non-hydrogen) atoms. The summed E-state index contributed by atoms with van der Waals surface area (Å²) in [5, 5.41) is 14.6. The number of hydrogen-bond acceptors (Lipinski definition) is 9. The molecule has 4 heterocycles. The van der Waals surface area contributed by atoms with E-state index in [4.69, 9.17) is 9.05 Å². The zero-order valence-corrected chi connectivity index (χ0v) is 34.1. The van der Waals surface area contributed by atoms with Gasteiger partial charge in [-0.1, -0.05) is 50.8 Å². The molecule has 2 aromatic carbocycles. The number of hydrogen-bond donors (Lipinski definition) is 2. The molecular formula is C44H50F4N6O6. The number of halogens is 4. The van der Waals surface area contributed by atoms with Crippen LogP contribution in [-0.4, -0.2) is 87.4 Å². The molecule has 2 unspecified atom stereocenters. The highest BCUT2D eigenvalue weighted by atomic mass is 19.2. The Bertz CT molecular complexity index is 2220. The number of aldehydes is 1. The van der Waals surface area contributed by atoms with E-state index < -0.39 is 52.7 Å².